The van der Waals surface area contributed by atoms with Gasteiger partial charge in [-0.15, -0.1) is 0 Å². The van der Waals surface area contributed by atoms with E-state index in [2.05, 4.69) is 4.98 Å². The second kappa shape index (κ2) is 13.0. The normalized spacial score (nSPS) is 15.8. The summed E-state index contributed by atoms with van der Waals surface area (Å²) in [6.07, 6.45) is 2.55. The minimum Gasteiger partial charge on any atom is -0.472 e. The van der Waals surface area contributed by atoms with Crippen LogP contribution in [0.5, 0.6) is 5.88 Å². The lowest BCUT2D eigenvalue weighted by atomic mass is 10.1. The van der Waals surface area contributed by atoms with Gasteiger partial charge in [0.05, 0.1) is 13.7 Å². The summed E-state index contributed by atoms with van der Waals surface area (Å²) >= 11 is 0. The van der Waals surface area contributed by atoms with E-state index in [1.165, 1.54) is 7.11 Å². The quantitative estimate of drug-likeness (QED) is 0.652. The van der Waals surface area contributed by atoms with Crippen molar-refractivity contribution in [2.45, 2.75) is 79.9 Å². The number of esters is 1. The second-order valence-corrected chi connectivity index (χ2v) is 7.11. The number of methoxy groups -OCH3 is 1. The van der Waals surface area contributed by atoms with Crippen molar-refractivity contribution in [3.8, 4) is 5.88 Å². The predicted octanol–water partition coefficient (Wildman–Crippen LogP) is 5.01. The zero-order valence-electron chi connectivity index (χ0n) is 19.5. The highest BCUT2D eigenvalue weighted by Gasteiger charge is 2.30. The molecule has 1 amide bonds. The smallest absolute Gasteiger partial charge is 0.410 e. The molecule has 1 aliphatic rings. The maximum absolute atomic E-state index is 12.2. The average Bonchev–Trinajstić information content (AvgIpc) is 2.69. The molecule has 0 spiro atoms. The summed E-state index contributed by atoms with van der Waals surface area (Å²) in [5.41, 5.74) is 0.511. The summed E-state index contributed by atoms with van der Waals surface area (Å²) in [5.74, 6) is -0.247. The highest BCUT2D eigenvalue weighted by atomic mass is 16.6. The Bertz CT molecular complexity index is 641. The number of carbonyl (C=O) groups is 2. The van der Waals surface area contributed by atoms with Crippen LogP contribution in [0, 0.1) is 6.92 Å². The number of carbonyl (C=O) groups excluding carboxylic acids is 2. The Labute approximate surface area is 175 Å². The molecule has 2 rings (SSSR count). The van der Waals surface area contributed by atoms with E-state index in [-0.39, 0.29) is 18.1 Å². The summed E-state index contributed by atoms with van der Waals surface area (Å²) < 4.78 is 16.2. The first-order chi connectivity index (χ1) is 13.7. The van der Waals surface area contributed by atoms with Gasteiger partial charge in [0.2, 0.25) is 5.88 Å². The molecule has 0 aromatic carbocycles. The Morgan fingerprint density at radius 3 is 2.34 bits per heavy atom. The number of aryl methyl sites for hydroxylation is 1. The molecule has 1 aromatic heterocycles. The fourth-order valence-corrected chi connectivity index (χ4v) is 2.66. The molecule has 7 nitrogen and oxygen atoms in total. The molecule has 1 fully saturated rings. The minimum atomic E-state index is -0.541. The van der Waals surface area contributed by atoms with Gasteiger partial charge in [0.15, 0.2) is 0 Å². The molecular formula is C22H38N2O5. The van der Waals surface area contributed by atoms with E-state index >= 15 is 0 Å². The number of rotatable bonds is 3. The molecule has 2 heterocycles. The Hall–Kier alpha value is -2.31. The molecule has 1 atom stereocenters. The van der Waals surface area contributed by atoms with Gasteiger partial charge in [0, 0.05) is 12.7 Å². The third-order valence-corrected chi connectivity index (χ3v) is 3.82. The molecule has 0 saturated carbocycles. The number of amides is 1. The zero-order valence-corrected chi connectivity index (χ0v) is 19.5. The molecule has 0 aliphatic carbocycles. The molecule has 1 saturated heterocycles. The molecule has 29 heavy (non-hydrogen) atoms. The molecule has 166 valence electrons. The Morgan fingerprint density at radius 2 is 1.79 bits per heavy atom. The highest BCUT2D eigenvalue weighted by molar-refractivity contribution is 5.93. The van der Waals surface area contributed by atoms with Gasteiger partial charge in [-0.25, -0.2) is 14.6 Å². The van der Waals surface area contributed by atoms with Crippen molar-refractivity contribution >= 4 is 12.1 Å². The number of ether oxygens (including phenoxy) is 3. The number of piperidine rings is 1. The molecule has 1 aromatic rings. The van der Waals surface area contributed by atoms with E-state index in [0.717, 1.165) is 18.4 Å². The molecule has 0 N–H and O–H groups in total. The molecular weight excluding hydrogens is 372 g/mol. The van der Waals surface area contributed by atoms with Crippen molar-refractivity contribution in [2.24, 2.45) is 0 Å². The van der Waals surface area contributed by atoms with Crippen LogP contribution in [-0.4, -0.2) is 53.9 Å². The van der Waals surface area contributed by atoms with Crippen LogP contribution in [0.1, 0.15) is 77.2 Å². The third-order valence-electron chi connectivity index (χ3n) is 3.82. The summed E-state index contributed by atoms with van der Waals surface area (Å²) in [6, 6.07) is 1.73. The Morgan fingerprint density at radius 1 is 1.17 bits per heavy atom. The highest BCUT2D eigenvalue weighted by Crippen LogP contribution is 2.24. The lowest BCUT2D eigenvalue weighted by molar-refractivity contribution is 0.00685. The topological polar surface area (TPSA) is 78.0 Å². The molecule has 7 heteroatoms. The van der Waals surface area contributed by atoms with E-state index in [1.54, 1.807) is 24.1 Å². The fourth-order valence-electron chi connectivity index (χ4n) is 2.66. The van der Waals surface area contributed by atoms with Crippen LogP contribution in [0.2, 0.25) is 0 Å². The van der Waals surface area contributed by atoms with Gasteiger partial charge in [-0.3, -0.25) is 0 Å². The van der Waals surface area contributed by atoms with E-state index in [1.807, 2.05) is 48.5 Å². The van der Waals surface area contributed by atoms with Crippen LogP contribution >= 0.6 is 0 Å². The Kier molecular flexibility index (Phi) is 12.0. The van der Waals surface area contributed by atoms with Crippen LogP contribution in [-0.2, 0) is 9.47 Å². The zero-order chi connectivity index (χ0) is 22.6. The van der Waals surface area contributed by atoms with Gasteiger partial charge in [0.1, 0.15) is 17.3 Å². The number of pyridine rings is 1. The van der Waals surface area contributed by atoms with Gasteiger partial charge >= 0.3 is 12.1 Å². The fraction of sp³-hybridized carbons (Fsp3) is 0.682. The summed E-state index contributed by atoms with van der Waals surface area (Å²) in [7, 11) is 1.32. The summed E-state index contributed by atoms with van der Waals surface area (Å²) in [5, 5.41) is 0. The van der Waals surface area contributed by atoms with Crippen molar-refractivity contribution in [3.63, 3.8) is 0 Å². The molecule has 0 radical (unpaired) electrons. The molecule has 0 unspecified atom stereocenters. The van der Waals surface area contributed by atoms with Gasteiger partial charge in [-0.1, -0.05) is 27.7 Å². The van der Waals surface area contributed by atoms with Crippen LogP contribution in [0.3, 0.4) is 0 Å². The number of nitrogens with zero attached hydrogens (tertiary/aromatic N) is 2. The number of aromatic nitrogens is 1. The first-order valence-corrected chi connectivity index (χ1v) is 10.4. The standard InChI is InChI=1S/C18H26N2O5.2C2H6/c1-12-8-9-19-15(14(12)16(21)23-5)24-13-7-6-10-20(11-13)17(22)25-18(2,3)4;2*1-2/h8-9,13H,6-7,10-11H2,1-5H3;2*1-2H3/t13-;;/m1../s1. The maximum Gasteiger partial charge on any atom is 0.410 e. The van der Waals surface area contributed by atoms with Crippen molar-refractivity contribution in [3.05, 3.63) is 23.4 Å². The van der Waals surface area contributed by atoms with Crippen molar-refractivity contribution in [1.82, 2.24) is 9.88 Å². The maximum atomic E-state index is 12.2. The molecule has 0 bridgehead atoms. The van der Waals surface area contributed by atoms with Crippen LogP contribution in [0.25, 0.3) is 0 Å². The average molecular weight is 411 g/mol. The van der Waals surface area contributed by atoms with Gasteiger partial charge in [-0.05, 0) is 52.2 Å². The SMILES string of the molecule is CC.CC.COC(=O)c1c(C)ccnc1O[C@@H]1CCCN(C(=O)OC(C)(C)C)C1. The monoisotopic (exact) mass is 410 g/mol. The summed E-state index contributed by atoms with van der Waals surface area (Å²) in [4.78, 5) is 30.1. The van der Waals surface area contributed by atoms with E-state index in [9.17, 15) is 9.59 Å². The van der Waals surface area contributed by atoms with Gasteiger partial charge in [0.25, 0.3) is 0 Å². The van der Waals surface area contributed by atoms with Crippen LogP contribution in [0.4, 0.5) is 4.79 Å². The number of hydrogen-bond acceptors (Lipinski definition) is 6. The number of hydrogen-bond donors (Lipinski definition) is 0. The lowest BCUT2D eigenvalue weighted by Gasteiger charge is -2.34. The van der Waals surface area contributed by atoms with Crippen LogP contribution < -0.4 is 4.74 Å². The van der Waals surface area contributed by atoms with Crippen molar-refractivity contribution in [2.75, 3.05) is 20.2 Å². The number of likely N-dealkylation sites (tertiary alicyclic amines) is 1. The third kappa shape index (κ3) is 8.71. The minimum absolute atomic E-state index is 0.239. The summed E-state index contributed by atoms with van der Waals surface area (Å²) in [6.45, 7) is 16.3. The van der Waals surface area contributed by atoms with Crippen molar-refractivity contribution < 1.29 is 23.8 Å². The first kappa shape index (κ1) is 26.7. The lowest BCUT2D eigenvalue weighted by Crippen LogP contribution is -2.46. The van der Waals surface area contributed by atoms with E-state index in [0.29, 0.717) is 18.7 Å². The van der Waals surface area contributed by atoms with Crippen molar-refractivity contribution in [1.29, 1.82) is 0 Å². The van der Waals surface area contributed by atoms with Gasteiger partial charge in [-0.2, -0.15) is 0 Å². The second-order valence-electron chi connectivity index (χ2n) is 7.11. The Balaban J connectivity index is 0.00000184. The largest absolute Gasteiger partial charge is 0.472 e. The van der Waals surface area contributed by atoms with E-state index < -0.39 is 11.6 Å². The molecule has 1 aliphatic heterocycles. The van der Waals surface area contributed by atoms with Crippen LogP contribution in [0.15, 0.2) is 12.3 Å². The van der Waals surface area contributed by atoms with Gasteiger partial charge < -0.3 is 19.1 Å². The van der Waals surface area contributed by atoms with E-state index in [4.69, 9.17) is 14.2 Å². The first-order valence-electron chi connectivity index (χ1n) is 10.4. The predicted molar refractivity (Wildman–Crippen MR) is 114 cm³/mol.